The Hall–Kier alpha value is -0.980. The Morgan fingerprint density at radius 1 is 1.50 bits per heavy atom. The molecular weight excluding hydrogens is 124 g/mol. The van der Waals surface area contributed by atoms with Crippen molar-refractivity contribution in [3.8, 4) is 0 Å². The molecule has 0 saturated heterocycles. The first-order chi connectivity index (χ1) is 4.85. The van der Waals surface area contributed by atoms with Crippen LogP contribution < -0.4 is 0 Å². The largest absolute Gasteiger partial charge is 0.501 e. The van der Waals surface area contributed by atoms with Crippen molar-refractivity contribution >= 4 is 0 Å². The molecule has 0 saturated carbocycles. The van der Waals surface area contributed by atoms with Crippen molar-refractivity contribution in [1.29, 1.82) is 0 Å². The molecule has 0 heterocycles. The van der Waals surface area contributed by atoms with E-state index in [4.69, 9.17) is 4.74 Å². The molecule has 0 aliphatic carbocycles. The van der Waals surface area contributed by atoms with Gasteiger partial charge in [-0.25, -0.2) is 0 Å². The first kappa shape index (κ1) is 9.02. The van der Waals surface area contributed by atoms with E-state index in [0.29, 0.717) is 0 Å². The van der Waals surface area contributed by atoms with E-state index in [1.807, 2.05) is 18.2 Å². The van der Waals surface area contributed by atoms with Gasteiger partial charge in [0.2, 0.25) is 0 Å². The maximum Gasteiger partial charge on any atom is 0.0952 e. The van der Waals surface area contributed by atoms with Gasteiger partial charge in [0.15, 0.2) is 0 Å². The summed E-state index contributed by atoms with van der Waals surface area (Å²) >= 11 is 0. The van der Waals surface area contributed by atoms with E-state index >= 15 is 0 Å². The van der Waals surface area contributed by atoms with Gasteiger partial charge in [-0.3, -0.25) is 0 Å². The van der Waals surface area contributed by atoms with Crippen LogP contribution in [0.25, 0.3) is 0 Å². The van der Waals surface area contributed by atoms with E-state index in [-0.39, 0.29) is 0 Å². The lowest BCUT2D eigenvalue weighted by Gasteiger charge is -1.98. The maximum atomic E-state index is 5.02. The Bertz CT molecular complexity index is 137. The van der Waals surface area contributed by atoms with Gasteiger partial charge in [0, 0.05) is 6.42 Å². The van der Waals surface area contributed by atoms with Crippen molar-refractivity contribution in [2.45, 2.75) is 13.3 Å². The zero-order valence-corrected chi connectivity index (χ0v) is 6.63. The summed E-state index contributed by atoms with van der Waals surface area (Å²) in [4.78, 5) is 0. The van der Waals surface area contributed by atoms with E-state index in [1.165, 1.54) is 0 Å². The van der Waals surface area contributed by atoms with Crippen LogP contribution in [0.1, 0.15) is 13.3 Å². The molecule has 0 unspecified atom stereocenters. The quantitative estimate of drug-likeness (QED) is 0.428. The van der Waals surface area contributed by atoms with Crippen LogP contribution in [-0.4, -0.2) is 7.11 Å². The van der Waals surface area contributed by atoms with Crippen molar-refractivity contribution in [1.82, 2.24) is 0 Å². The molecule has 0 rings (SSSR count). The molecule has 0 aromatic heterocycles. The van der Waals surface area contributed by atoms with Gasteiger partial charge in [0.1, 0.15) is 0 Å². The average Bonchev–Trinajstić information content (AvgIpc) is 1.99. The van der Waals surface area contributed by atoms with Crippen molar-refractivity contribution in [2.24, 2.45) is 0 Å². The zero-order valence-electron chi connectivity index (χ0n) is 6.63. The Morgan fingerprint density at radius 2 is 2.20 bits per heavy atom. The summed E-state index contributed by atoms with van der Waals surface area (Å²) in [7, 11) is 1.68. The third-order valence-corrected chi connectivity index (χ3v) is 1.14. The van der Waals surface area contributed by atoms with Gasteiger partial charge < -0.3 is 4.74 Å². The fourth-order valence-electron chi connectivity index (χ4n) is 0.572. The maximum absolute atomic E-state index is 5.02. The third kappa shape index (κ3) is 3.96. The van der Waals surface area contributed by atoms with Crippen LogP contribution in [0.5, 0.6) is 0 Å². The molecule has 56 valence electrons. The number of rotatable bonds is 4. The number of hydrogen-bond donors (Lipinski definition) is 0. The van der Waals surface area contributed by atoms with Crippen LogP contribution in [0.2, 0.25) is 0 Å². The fourth-order valence-corrected chi connectivity index (χ4v) is 0.572. The SMILES string of the molecule is C=C/C=C\C=C(/CC)OC. The molecule has 0 amide bonds. The van der Waals surface area contributed by atoms with Crippen molar-refractivity contribution < 1.29 is 4.74 Å². The summed E-state index contributed by atoms with van der Waals surface area (Å²) in [5, 5.41) is 0. The molecule has 0 bridgehead atoms. The highest BCUT2D eigenvalue weighted by Crippen LogP contribution is 1.99. The van der Waals surface area contributed by atoms with Gasteiger partial charge >= 0.3 is 0 Å². The zero-order chi connectivity index (χ0) is 7.82. The van der Waals surface area contributed by atoms with Gasteiger partial charge in [-0.1, -0.05) is 31.7 Å². The predicted octanol–water partition coefficient (Wildman–Crippen LogP) is 2.67. The number of methoxy groups -OCH3 is 1. The summed E-state index contributed by atoms with van der Waals surface area (Å²) in [6, 6.07) is 0. The Kier molecular flexibility index (Phi) is 5.54. The van der Waals surface area contributed by atoms with E-state index in [1.54, 1.807) is 13.2 Å². The minimum atomic E-state index is 0.929. The van der Waals surface area contributed by atoms with E-state index in [0.717, 1.165) is 12.2 Å². The first-order valence-electron chi connectivity index (χ1n) is 3.37. The van der Waals surface area contributed by atoms with Gasteiger partial charge in [0.05, 0.1) is 12.9 Å². The molecule has 0 N–H and O–H groups in total. The van der Waals surface area contributed by atoms with Crippen LogP contribution in [-0.2, 0) is 4.74 Å². The lowest BCUT2D eigenvalue weighted by molar-refractivity contribution is 0.281. The van der Waals surface area contributed by atoms with Crippen molar-refractivity contribution in [3.63, 3.8) is 0 Å². The average molecular weight is 138 g/mol. The van der Waals surface area contributed by atoms with E-state index in [9.17, 15) is 0 Å². The highest BCUT2D eigenvalue weighted by Gasteiger charge is 1.84. The van der Waals surface area contributed by atoms with Crippen LogP contribution in [0.3, 0.4) is 0 Å². The van der Waals surface area contributed by atoms with Crippen molar-refractivity contribution in [2.75, 3.05) is 7.11 Å². The van der Waals surface area contributed by atoms with Gasteiger partial charge in [0.25, 0.3) is 0 Å². The Labute approximate surface area is 62.7 Å². The molecule has 0 atom stereocenters. The minimum absolute atomic E-state index is 0.929. The molecule has 1 nitrogen and oxygen atoms in total. The molecule has 0 aromatic carbocycles. The minimum Gasteiger partial charge on any atom is -0.501 e. The Morgan fingerprint density at radius 3 is 2.60 bits per heavy atom. The van der Waals surface area contributed by atoms with Gasteiger partial charge in [-0.2, -0.15) is 0 Å². The molecule has 0 aliphatic rings. The van der Waals surface area contributed by atoms with Gasteiger partial charge in [-0.15, -0.1) is 0 Å². The number of allylic oxidation sites excluding steroid dienone is 5. The lowest BCUT2D eigenvalue weighted by Crippen LogP contribution is -1.81. The predicted molar refractivity (Wildman–Crippen MR) is 44.7 cm³/mol. The van der Waals surface area contributed by atoms with Gasteiger partial charge in [-0.05, 0) is 6.08 Å². The van der Waals surface area contributed by atoms with E-state index < -0.39 is 0 Å². The highest BCUT2D eigenvalue weighted by atomic mass is 16.5. The third-order valence-electron chi connectivity index (χ3n) is 1.14. The first-order valence-corrected chi connectivity index (χ1v) is 3.37. The van der Waals surface area contributed by atoms with Crippen LogP contribution in [0.4, 0.5) is 0 Å². The normalized spacial score (nSPS) is 12.0. The molecular formula is C9H14O. The molecule has 1 heteroatoms. The van der Waals surface area contributed by atoms with Crippen LogP contribution >= 0.6 is 0 Å². The van der Waals surface area contributed by atoms with Crippen molar-refractivity contribution in [3.05, 3.63) is 36.6 Å². The molecule has 0 spiro atoms. The second-order valence-corrected chi connectivity index (χ2v) is 1.81. The molecule has 0 fully saturated rings. The summed E-state index contributed by atoms with van der Waals surface area (Å²) in [5.74, 6) is 0.984. The summed E-state index contributed by atoms with van der Waals surface area (Å²) < 4.78 is 5.02. The topological polar surface area (TPSA) is 9.23 Å². The number of ether oxygens (including phenoxy) is 1. The molecule has 0 aromatic rings. The Balaban J connectivity index is 3.85. The standard InChI is InChI=1S/C9H14O/c1-4-6-7-8-9(5-2)10-3/h4,6-8H,1,5H2,2-3H3/b7-6-,9-8+. The van der Waals surface area contributed by atoms with Crippen LogP contribution in [0.15, 0.2) is 36.6 Å². The fraction of sp³-hybridized carbons (Fsp3) is 0.333. The molecule has 0 aliphatic heterocycles. The molecule has 0 radical (unpaired) electrons. The highest BCUT2D eigenvalue weighted by molar-refractivity contribution is 5.11. The second kappa shape index (κ2) is 6.14. The summed E-state index contributed by atoms with van der Waals surface area (Å²) in [6.07, 6.45) is 8.38. The summed E-state index contributed by atoms with van der Waals surface area (Å²) in [5.41, 5.74) is 0. The van der Waals surface area contributed by atoms with E-state index in [2.05, 4.69) is 13.5 Å². The molecule has 10 heavy (non-hydrogen) atoms. The van der Waals surface area contributed by atoms with Crippen LogP contribution in [0, 0.1) is 0 Å². The smallest absolute Gasteiger partial charge is 0.0952 e. The number of hydrogen-bond acceptors (Lipinski definition) is 1. The summed E-state index contributed by atoms with van der Waals surface area (Å²) in [6.45, 7) is 5.60. The second-order valence-electron chi connectivity index (χ2n) is 1.81. The monoisotopic (exact) mass is 138 g/mol. The lowest BCUT2D eigenvalue weighted by atomic mass is 10.3.